The molecule has 3 aromatic heterocycles. The summed E-state index contributed by atoms with van der Waals surface area (Å²) in [6, 6.07) is 8.62. The Hall–Kier alpha value is -3.89. The van der Waals surface area contributed by atoms with E-state index in [4.69, 9.17) is 10.2 Å². The zero-order valence-corrected chi connectivity index (χ0v) is 13.0. The highest BCUT2D eigenvalue weighted by atomic mass is 19.1. The number of halogens is 1. The Labute approximate surface area is 144 Å². The Balaban J connectivity index is 1.97. The third kappa shape index (κ3) is 2.42. The number of rotatable bonds is 4. The van der Waals surface area contributed by atoms with Crippen LogP contribution >= 0.6 is 0 Å². The highest BCUT2D eigenvalue weighted by molar-refractivity contribution is 5.86. The van der Waals surface area contributed by atoms with Gasteiger partial charge in [-0.2, -0.15) is 9.67 Å². The summed E-state index contributed by atoms with van der Waals surface area (Å²) in [6.07, 6.45) is -0.233. The Morgan fingerprint density at radius 3 is 2.73 bits per heavy atom. The van der Waals surface area contributed by atoms with E-state index >= 15 is 0 Å². The fourth-order valence-electron chi connectivity index (χ4n) is 2.62. The Bertz CT molecular complexity index is 1110. The van der Waals surface area contributed by atoms with Gasteiger partial charge in [0.15, 0.2) is 16.9 Å². The van der Waals surface area contributed by atoms with Crippen molar-refractivity contribution in [2.24, 2.45) is 0 Å². The number of hydrogen-bond donors (Lipinski definition) is 1. The molecule has 1 unspecified atom stereocenters. The van der Waals surface area contributed by atoms with Crippen LogP contribution in [0.2, 0.25) is 0 Å². The number of furan rings is 1. The van der Waals surface area contributed by atoms with Crippen LogP contribution < -0.4 is 5.73 Å². The molecule has 4 aromatic rings. The van der Waals surface area contributed by atoms with E-state index in [1.165, 1.54) is 24.5 Å². The maximum absolute atomic E-state index is 14.1. The lowest BCUT2D eigenvalue weighted by molar-refractivity contribution is -0.537. The number of nitrogen functional groups attached to an aromatic ring is 1. The molecule has 0 amide bonds. The van der Waals surface area contributed by atoms with Crippen LogP contribution in [-0.2, 0) is 0 Å². The fourth-order valence-corrected chi connectivity index (χ4v) is 2.62. The van der Waals surface area contributed by atoms with Gasteiger partial charge < -0.3 is 10.2 Å². The van der Waals surface area contributed by atoms with E-state index < -0.39 is 16.9 Å². The van der Waals surface area contributed by atoms with Gasteiger partial charge in [-0.3, -0.25) is 10.1 Å². The van der Waals surface area contributed by atoms with Gasteiger partial charge >= 0.3 is 6.17 Å². The molecule has 1 atom stereocenters. The Morgan fingerprint density at radius 1 is 1.23 bits per heavy atom. The summed E-state index contributed by atoms with van der Waals surface area (Å²) in [5.41, 5.74) is 5.93. The summed E-state index contributed by atoms with van der Waals surface area (Å²) < 4.78 is 20.3. The van der Waals surface area contributed by atoms with Gasteiger partial charge in [-0.15, -0.1) is 5.10 Å². The topological polar surface area (TPSA) is 139 Å². The van der Waals surface area contributed by atoms with E-state index in [-0.39, 0.29) is 28.4 Å². The van der Waals surface area contributed by atoms with Gasteiger partial charge in [0.1, 0.15) is 11.5 Å². The van der Waals surface area contributed by atoms with Gasteiger partial charge in [0.25, 0.3) is 0 Å². The molecule has 1 aromatic carbocycles. The number of aromatic nitrogens is 5. The van der Waals surface area contributed by atoms with Crippen molar-refractivity contribution < 1.29 is 13.7 Å². The summed E-state index contributed by atoms with van der Waals surface area (Å²) in [5.74, 6) is -0.547. The van der Waals surface area contributed by atoms with Gasteiger partial charge in [0, 0.05) is 0 Å². The Kier molecular flexibility index (Phi) is 3.53. The van der Waals surface area contributed by atoms with Crippen molar-refractivity contribution in [3.8, 4) is 11.5 Å². The normalized spacial score (nSPS) is 12.3. The van der Waals surface area contributed by atoms with E-state index in [2.05, 4.69) is 20.3 Å². The third-order valence-electron chi connectivity index (χ3n) is 3.71. The number of anilines is 1. The lowest BCUT2D eigenvalue weighted by Crippen LogP contribution is -2.22. The summed E-state index contributed by atoms with van der Waals surface area (Å²) in [7, 11) is 0. The van der Waals surface area contributed by atoms with Crippen LogP contribution in [0, 0.1) is 15.9 Å². The Morgan fingerprint density at radius 2 is 2.04 bits per heavy atom. The second kappa shape index (κ2) is 5.88. The number of hydrogen-bond acceptors (Lipinski definition) is 8. The van der Waals surface area contributed by atoms with Crippen LogP contribution in [0.5, 0.6) is 0 Å². The first kappa shape index (κ1) is 15.6. The second-order valence-corrected chi connectivity index (χ2v) is 5.29. The molecule has 4 rings (SSSR count). The monoisotopic (exact) mass is 355 g/mol. The molecule has 0 aliphatic carbocycles. The molecule has 2 N–H and O–H groups in total. The summed E-state index contributed by atoms with van der Waals surface area (Å²) >= 11 is 0. The highest BCUT2D eigenvalue weighted by Gasteiger charge is 2.32. The molecule has 3 heterocycles. The molecule has 0 fully saturated rings. The molecular weight excluding hydrogens is 345 g/mol. The van der Waals surface area contributed by atoms with Crippen LogP contribution in [0.15, 0.2) is 47.1 Å². The molecule has 0 spiro atoms. The number of benzene rings is 1. The zero-order valence-electron chi connectivity index (χ0n) is 13.0. The maximum atomic E-state index is 14.1. The van der Waals surface area contributed by atoms with Crippen molar-refractivity contribution in [3.63, 3.8) is 0 Å². The lowest BCUT2D eigenvalue weighted by atomic mass is 10.1. The van der Waals surface area contributed by atoms with Crippen molar-refractivity contribution >= 4 is 17.1 Å². The van der Waals surface area contributed by atoms with Crippen molar-refractivity contribution in [2.45, 2.75) is 6.17 Å². The van der Waals surface area contributed by atoms with Crippen molar-refractivity contribution in [3.05, 3.63) is 64.2 Å². The molecule has 0 aliphatic heterocycles. The van der Waals surface area contributed by atoms with Gasteiger partial charge in [-0.25, -0.2) is 9.37 Å². The van der Waals surface area contributed by atoms with Crippen molar-refractivity contribution in [1.82, 2.24) is 25.0 Å². The minimum absolute atomic E-state index is 0.00569. The van der Waals surface area contributed by atoms with Crippen LogP contribution in [0.25, 0.3) is 22.6 Å². The van der Waals surface area contributed by atoms with E-state index in [1.54, 1.807) is 12.1 Å². The molecule has 0 saturated heterocycles. The zero-order chi connectivity index (χ0) is 18.3. The second-order valence-electron chi connectivity index (χ2n) is 5.29. The lowest BCUT2D eigenvalue weighted by Gasteiger charge is -2.10. The fraction of sp³-hybridized carbons (Fsp3) is 0.0667. The van der Waals surface area contributed by atoms with Crippen LogP contribution in [-0.4, -0.2) is 29.9 Å². The molecule has 0 saturated carbocycles. The van der Waals surface area contributed by atoms with Crippen molar-refractivity contribution in [1.29, 1.82) is 0 Å². The van der Waals surface area contributed by atoms with Gasteiger partial charge in [-0.05, 0) is 24.3 Å². The molecule has 0 radical (unpaired) electrons. The first-order chi connectivity index (χ1) is 12.6. The first-order valence-electron chi connectivity index (χ1n) is 7.36. The van der Waals surface area contributed by atoms with Gasteiger partial charge in [-0.1, -0.05) is 17.3 Å². The quantitative estimate of drug-likeness (QED) is 0.433. The number of nitrogens with zero attached hydrogens (tertiary/aromatic N) is 6. The molecular formula is C15H10FN7O3. The molecule has 11 heteroatoms. The standard InChI is InChI=1S/C15H10FN7O3/c16-9-5-2-1-4-8(9)14(23(24)25)22-13-12(20-21-22)11(18-15(17)19-13)10-6-3-7-26-10/h1-7,14H,(H2,17,18,19). The van der Waals surface area contributed by atoms with E-state index in [9.17, 15) is 14.5 Å². The van der Waals surface area contributed by atoms with E-state index in [0.717, 1.165) is 10.7 Å². The van der Waals surface area contributed by atoms with Gasteiger partial charge in [0.05, 0.1) is 16.7 Å². The third-order valence-corrected chi connectivity index (χ3v) is 3.71. The molecule has 26 heavy (non-hydrogen) atoms. The summed E-state index contributed by atoms with van der Waals surface area (Å²) in [4.78, 5) is 19.0. The van der Waals surface area contributed by atoms with Crippen LogP contribution in [0.3, 0.4) is 0 Å². The first-order valence-corrected chi connectivity index (χ1v) is 7.36. The SMILES string of the molecule is Nc1nc(-c2ccco2)c2nnn(C(c3ccccc3F)[N+](=O)[O-])c2n1. The minimum atomic E-state index is -1.67. The summed E-state index contributed by atoms with van der Waals surface area (Å²) in [5, 5.41) is 19.4. The molecule has 0 bridgehead atoms. The maximum Gasteiger partial charge on any atom is 0.337 e. The van der Waals surface area contributed by atoms with E-state index in [1.807, 2.05) is 0 Å². The highest BCUT2D eigenvalue weighted by Crippen LogP contribution is 2.29. The van der Waals surface area contributed by atoms with Crippen molar-refractivity contribution in [2.75, 3.05) is 5.73 Å². The number of nitro groups is 1. The number of fused-ring (bicyclic) bond motifs is 1. The van der Waals surface area contributed by atoms with E-state index in [0.29, 0.717) is 5.76 Å². The average Bonchev–Trinajstić information content (AvgIpc) is 3.26. The number of nitrogens with two attached hydrogens (primary N) is 1. The summed E-state index contributed by atoms with van der Waals surface area (Å²) in [6.45, 7) is 0. The molecule has 10 nitrogen and oxygen atoms in total. The predicted octanol–water partition coefficient (Wildman–Crippen LogP) is 2.03. The van der Waals surface area contributed by atoms with Gasteiger partial charge in [0.2, 0.25) is 5.95 Å². The van der Waals surface area contributed by atoms with Crippen LogP contribution in [0.4, 0.5) is 10.3 Å². The largest absolute Gasteiger partial charge is 0.463 e. The van der Waals surface area contributed by atoms with Crippen LogP contribution in [0.1, 0.15) is 11.7 Å². The molecule has 0 aliphatic rings. The minimum Gasteiger partial charge on any atom is -0.463 e. The average molecular weight is 355 g/mol. The molecule has 130 valence electrons. The smallest absolute Gasteiger partial charge is 0.337 e. The predicted molar refractivity (Wildman–Crippen MR) is 86.8 cm³/mol.